The normalized spacial score (nSPS) is 11.8. The summed E-state index contributed by atoms with van der Waals surface area (Å²) in [6.07, 6.45) is -4.67. The Balaban J connectivity index is 3.03. The monoisotopic (exact) mass is 321 g/mol. The minimum Gasteiger partial charge on any atom is -0.506 e. The summed E-state index contributed by atoms with van der Waals surface area (Å²) in [6, 6.07) is 1.86. The van der Waals surface area contributed by atoms with Gasteiger partial charge >= 0.3 is 6.18 Å². The van der Waals surface area contributed by atoms with E-state index < -0.39 is 28.8 Å². The molecular weight excluding hydrogens is 315 g/mol. The number of H-pyrrole nitrogens is 1. The van der Waals surface area contributed by atoms with E-state index in [0.29, 0.717) is 0 Å². The highest BCUT2D eigenvalue weighted by Crippen LogP contribution is 2.39. The summed E-state index contributed by atoms with van der Waals surface area (Å²) in [4.78, 5) is 13.7. The molecule has 0 amide bonds. The molecule has 1 aromatic heterocycles. The topological polar surface area (TPSA) is 53.1 Å². The van der Waals surface area contributed by atoms with Crippen molar-refractivity contribution >= 4 is 40.5 Å². The quantitative estimate of drug-likeness (QED) is 0.601. The van der Waals surface area contributed by atoms with Crippen LogP contribution < -0.4 is 0 Å². The van der Waals surface area contributed by atoms with Gasteiger partial charge in [-0.05, 0) is 19.1 Å². The molecule has 0 spiro atoms. The standard InChI is InChI=1S/C12H7ClF3NO2S/c1-4(18)8-10(19)6-2-5(13)3-7(12(14,15)16)9(6)17-11(8)20/h2-3H,1H3,(H2,17,19,20). The summed E-state index contributed by atoms with van der Waals surface area (Å²) in [5.74, 6) is -1.16. The van der Waals surface area contributed by atoms with Crippen LogP contribution >= 0.6 is 23.8 Å². The number of aromatic amines is 1. The Kier molecular flexibility index (Phi) is 3.51. The fourth-order valence-corrected chi connectivity index (χ4v) is 2.46. The first kappa shape index (κ1) is 14.8. The van der Waals surface area contributed by atoms with Crippen molar-refractivity contribution in [3.8, 4) is 5.75 Å². The lowest BCUT2D eigenvalue weighted by Crippen LogP contribution is -2.08. The van der Waals surface area contributed by atoms with Gasteiger partial charge in [0, 0.05) is 10.4 Å². The molecule has 0 atom stereocenters. The van der Waals surface area contributed by atoms with Crippen LogP contribution in [0.15, 0.2) is 12.1 Å². The highest BCUT2D eigenvalue weighted by Gasteiger charge is 2.34. The van der Waals surface area contributed by atoms with Crippen LogP contribution in [0.3, 0.4) is 0 Å². The first-order valence-corrected chi connectivity index (χ1v) is 6.08. The molecule has 0 aliphatic heterocycles. The van der Waals surface area contributed by atoms with Gasteiger partial charge in [0.05, 0.1) is 16.6 Å². The van der Waals surface area contributed by atoms with Crippen molar-refractivity contribution in [1.82, 2.24) is 4.98 Å². The summed E-state index contributed by atoms with van der Waals surface area (Å²) < 4.78 is 38.6. The lowest BCUT2D eigenvalue weighted by molar-refractivity contribution is -0.136. The third-order valence-corrected chi connectivity index (χ3v) is 3.24. The number of nitrogens with one attached hydrogen (secondary N) is 1. The first-order chi connectivity index (χ1) is 9.12. The second-order valence-corrected chi connectivity index (χ2v) is 4.95. The maximum atomic E-state index is 13.0. The number of rotatable bonds is 1. The van der Waals surface area contributed by atoms with Crippen LogP contribution in [0.1, 0.15) is 22.8 Å². The molecule has 0 aliphatic carbocycles. The molecule has 8 heteroatoms. The van der Waals surface area contributed by atoms with Gasteiger partial charge in [-0.3, -0.25) is 4.79 Å². The van der Waals surface area contributed by atoms with Crippen LogP contribution in [-0.4, -0.2) is 15.9 Å². The maximum Gasteiger partial charge on any atom is 0.418 e. The molecule has 2 rings (SSSR count). The number of carbonyl (C=O) groups is 1. The SMILES string of the molecule is CC(=O)c1c(O)c2cc(Cl)cc(C(F)(F)F)c2[nH]c1=S. The molecule has 3 nitrogen and oxygen atoms in total. The van der Waals surface area contributed by atoms with Gasteiger partial charge in [0.15, 0.2) is 5.78 Å². The summed E-state index contributed by atoms with van der Waals surface area (Å²) in [6.45, 7) is 1.15. The van der Waals surface area contributed by atoms with Gasteiger partial charge in [0.2, 0.25) is 0 Å². The molecule has 2 N–H and O–H groups in total. The van der Waals surface area contributed by atoms with Crippen molar-refractivity contribution in [2.75, 3.05) is 0 Å². The van der Waals surface area contributed by atoms with E-state index >= 15 is 0 Å². The smallest absolute Gasteiger partial charge is 0.418 e. The molecule has 0 radical (unpaired) electrons. The van der Waals surface area contributed by atoms with E-state index in [0.717, 1.165) is 19.1 Å². The van der Waals surface area contributed by atoms with Gasteiger partial charge in [0.25, 0.3) is 0 Å². The average molecular weight is 322 g/mol. The van der Waals surface area contributed by atoms with E-state index in [1.165, 1.54) is 0 Å². The number of aromatic hydroxyl groups is 1. The first-order valence-electron chi connectivity index (χ1n) is 5.29. The fraction of sp³-hybridized carbons (Fsp3) is 0.167. The lowest BCUT2D eigenvalue weighted by atomic mass is 10.0. The number of ketones is 1. The highest BCUT2D eigenvalue weighted by atomic mass is 35.5. The number of hydrogen-bond donors (Lipinski definition) is 2. The largest absolute Gasteiger partial charge is 0.506 e. The molecular formula is C12H7ClF3NO2S. The van der Waals surface area contributed by atoms with E-state index in [1.54, 1.807) is 0 Å². The number of aromatic nitrogens is 1. The third kappa shape index (κ3) is 2.38. The van der Waals surface area contributed by atoms with Crippen molar-refractivity contribution in [2.24, 2.45) is 0 Å². The van der Waals surface area contributed by atoms with Crippen LogP contribution in [0.2, 0.25) is 5.02 Å². The van der Waals surface area contributed by atoms with E-state index in [4.69, 9.17) is 23.8 Å². The zero-order valence-corrected chi connectivity index (χ0v) is 11.5. The number of hydrogen-bond acceptors (Lipinski definition) is 3. The van der Waals surface area contributed by atoms with Crippen molar-refractivity contribution < 1.29 is 23.1 Å². The number of benzene rings is 1. The molecule has 0 saturated heterocycles. The number of alkyl halides is 3. The van der Waals surface area contributed by atoms with Crippen LogP contribution in [0, 0.1) is 4.64 Å². The van der Waals surface area contributed by atoms with Crippen LogP contribution in [0.5, 0.6) is 5.75 Å². The Morgan fingerprint density at radius 2 is 2.00 bits per heavy atom. The maximum absolute atomic E-state index is 13.0. The van der Waals surface area contributed by atoms with E-state index in [-0.39, 0.29) is 20.6 Å². The minimum absolute atomic E-state index is 0.205. The molecule has 0 aliphatic rings. The van der Waals surface area contributed by atoms with Crippen LogP contribution in [0.25, 0.3) is 10.9 Å². The summed E-state index contributed by atoms with van der Waals surface area (Å²) in [7, 11) is 0. The summed E-state index contributed by atoms with van der Waals surface area (Å²) >= 11 is 10.5. The van der Waals surface area contributed by atoms with Gasteiger partial charge in [-0.2, -0.15) is 13.2 Å². The van der Waals surface area contributed by atoms with Gasteiger partial charge in [-0.1, -0.05) is 23.8 Å². The van der Waals surface area contributed by atoms with Gasteiger partial charge in [-0.15, -0.1) is 0 Å². The van der Waals surface area contributed by atoms with Gasteiger partial charge in [-0.25, -0.2) is 0 Å². The van der Waals surface area contributed by atoms with E-state index in [1.807, 2.05) is 0 Å². The fourth-order valence-electron chi connectivity index (χ4n) is 1.90. The second-order valence-electron chi connectivity index (χ2n) is 4.11. The number of pyridine rings is 1. The van der Waals surface area contributed by atoms with E-state index in [9.17, 15) is 23.1 Å². The predicted octanol–water partition coefficient (Wildman–Crippen LogP) is 4.48. The zero-order valence-electron chi connectivity index (χ0n) is 9.93. The van der Waals surface area contributed by atoms with Crippen molar-refractivity contribution in [3.05, 3.63) is 32.9 Å². The van der Waals surface area contributed by atoms with Crippen molar-refractivity contribution in [2.45, 2.75) is 13.1 Å². The third-order valence-electron chi connectivity index (χ3n) is 2.72. The van der Waals surface area contributed by atoms with Crippen molar-refractivity contribution in [3.63, 3.8) is 0 Å². The van der Waals surface area contributed by atoms with Gasteiger partial charge < -0.3 is 10.1 Å². The Morgan fingerprint density at radius 3 is 2.50 bits per heavy atom. The molecule has 20 heavy (non-hydrogen) atoms. The van der Waals surface area contributed by atoms with E-state index in [2.05, 4.69) is 4.98 Å². The molecule has 0 fully saturated rings. The lowest BCUT2D eigenvalue weighted by Gasteiger charge is -2.13. The zero-order chi connectivity index (χ0) is 15.2. The highest BCUT2D eigenvalue weighted by molar-refractivity contribution is 7.71. The molecule has 0 unspecified atom stereocenters. The Labute approximate surface area is 121 Å². The second kappa shape index (κ2) is 4.75. The minimum atomic E-state index is -4.67. The average Bonchev–Trinajstić information content (AvgIpc) is 2.27. The summed E-state index contributed by atoms with van der Waals surface area (Å²) in [5, 5.41) is 9.57. The van der Waals surface area contributed by atoms with Crippen molar-refractivity contribution in [1.29, 1.82) is 0 Å². The number of Topliss-reactive ketones (excluding diaryl/α,β-unsaturated/α-hetero) is 1. The van der Waals surface area contributed by atoms with Gasteiger partial charge in [0.1, 0.15) is 10.4 Å². The number of halogens is 4. The Hall–Kier alpha value is -1.60. The Bertz CT molecular complexity index is 783. The van der Waals surface area contributed by atoms with Crippen LogP contribution in [-0.2, 0) is 6.18 Å². The predicted molar refractivity (Wildman–Crippen MR) is 70.8 cm³/mol. The number of fused-ring (bicyclic) bond motifs is 1. The molecule has 1 aromatic carbocycles. The number of carbonyl (C=O) groups excluding carboxylic acids is 1. The molecule has 0 saturated carbocycles. The van der Waals surface area contributed by atoms with Crippen LogP contribution in [0.4, 0.5) is 13.2 Å². The summed E-state index contributed by atoms with van der Waals surface area (Å²) in [5.41, 5.74) is -1.70. The Morgan fingerprint density at radius 1 is 1.40 bits per heavy atom. The molecule has 1 heterocycles. The molecule has 106 valence electrons. The molecule has 2 aromatic rings. The molecule has 0 bridgehead atoms.